The monoisotopic (exact) mass is 479 g/mol. The minimum absolute atomic E-state index is 0.185. The summed E-state index contributed by atoms with van der Waals surface area (Å²) in [5.74, 6) is 0.532. The third-order valence-corrected chi connectivity index (χ3v) is 6.57. The lowest BCUT2D eigenvalue weighted by Gasteiger charge is -2.31. The van der Waals surface area contributed by atoms with Crippen LogP contribution in [0.15, 0.2) is 73.1 Å². The van der Waals surface area contributed by atoms with Crippen molar-refractivity contribution in [2.24, 2.45) is 0 Å². The molecule has 7 rings (SSSR count). The first-order valence-corrected chi connectivity index (χ1v) is 11.5. The molecule has 1 aliphatic heterocycles. The highest BCUT2D eigenvalue weighted by atomic mass is 35.5. The van der Waals surface area contributed by atoms with Crippen molar-refractivity contribution in [2.75, 3.05) is 0 Å². The van der Waals surface area contributed by atoms with Crippen molar-refractivity contribution < 1.29 is 9.13 Å². The van der Waals surface area contributed by atoms with Crippen LogP contribution in [0.4, 0.5) is 4.39 Å². The number of hydrogen-bond donors (Lipinski definition) is 0. The van der Waals surface area contributed by atoms with Crippen molar-refractivity contribution in [3.8, 4) is 52.0 Å². The summed E-state index contributed by atoms with van der Waals surface area (Å²) in [6.07, 6.45) is 9.52. The Hall–Kier alpha value is -4.14. The van der Waals surface area contributed by atoms with E-state index in [1.165, 1.54) is 28.0 Å². The fraction of sp³-hybridized carbons (Fsp3) is 0.103. The first-order valence-electron chi connectivity index (χ1n) is 11.1. The number of ether oxygens (including phenoxy) is 1. The summed E-state index contributed by atoms with van der Waals surface area (Å²) >= 11 is 6.23. The van der Waals surface area contributed by atoms with Gasteiger partial charge in [-0.3, -0.25) is 4.98 Å². The van der Waals surface area contributed by atoms with E-state index in [-0.39, 0.29) is 10.6 Å². The predicted molar refractivity (Wildman–Crippen MR) is 137 cm³/mol. The van der Waals surface area contributed by atoms with E-state index in [0.29, 0.717) is 17.3 Å². The molecule has 4 nitrogen and oxygen atoms in total. The van der Waals surface area contributed by atoms with Gasteiger partial charge in [0.05, 0.1) is 16.3 Å². The van der Waals surface area contributed by atoms with Gasteiger partial charge in [-0.05, 0) is 72.8 Å². The van der Waals surface area contributed by atoms with E-state index in [0.717, 1.165) is 11.3 Å². The fourth-order valence-corrected chi connectivity index (χ4v) is 4.82. The molecule has 3 heterocycles. The number of imidazole rings is 1. The Balaban J connectivity index is 0.000000187. The van der Waals surface area contributed by atoms with Gasteiger partial charge < -0.3 is 4.74 Å². The summed E-state index contributed by atoms with van der Waals surface area (Å²) in [6, 6.07) is 21.1. The summed E-state index contributed by atoms with van der Waals surface area (Å²) in [5, 5.41) is 2.88. The van der Waals surface area contributed by atoms with E-state index in [4.69, 9.17) is 22.8 Å². The molecule has 170 valence electrons. The normalized spacial score (nSPS) is 13.6. The van der Waals surface area contributed by atoms with Crippen LogP contribution in [0.5, 0.6) is 5.75 Å². The molecule has 0 atom stereocenters. The SMILES string of the molecule is C#Cn1c(-c2c(F)cccc2Cl)nc2c1-c1ccccc1OC2(C)C.c1cc2c3cc-3cc2cn1. The van der Waals surface area contributed by atoms with Crippen LogP contribution in [0.25, 0.3) is 44.5 Å². The number of fused-ring (bicyclic) bond motifs is 6. The molecule has 0 N–H and O–H groups in total. The summed E-state index contributed by atoms with van der Waals surface area (Å²) in [6.45, 7) is 3.81. The van der Waals surface area contributed by atoms with Crippen LogP contribution in [-0.2, 0) is 5.60 Å². The van der Waals surface area contributed by atoms with Crippen LogP contribution < -0.4 is 4.74 Å². The fourth-order valence-electron chi connectivity index (χ4n) is 4.57. The number of aromatic nitrogens is 3. The molecule has 2 aromatic heterocycles. The number of nitrogens with zero attached hydrogens (tertiary/aromatic N) is 3. The number of pyridine rings is 1. The molecule has 0 unspecified atom stereocenters. The van der Waals surface area contributed by atoms with E-state index < -0.39 is 11.4 Å². The van der Waals surface area contributed by atoms with Crippen molar-refractivity contribution >= 4 is 22.4 Å². The molecular weight excluding hydrogens is 461 g/mol. The Morgan fingerprint density at radius 2 is 1.89 bits per heavy atom. The molecule has 4 aromatic rings. The molecular formula is C29H19ClFN3O. The zero-order valence-corrected chi connectivity index (χ0v) is 19.8. The van der Waals surface area contributed by atoms with Gasteiger partial charge in [0.2, 0.25) is 0 Å². The smallest absolute Gasteiger partial charge is 0.157 e. The van der Waals surface area contributed by atoms with Crippen molar-refractivity contribution in [1.29, 1.82) is 0 Å². The van der Waals surface area contributed by atoms with Crippen LogP contribution >= 0.6 is 11.6 Å². The topological polar surface area (TPSA) is 39.9 Å². The largest absolute Gasteiger partial charge is 0.481 e. The number of halogens is 2. The number of hydrogen-bond acceptors (Lipinski definition) is 3. The maximum Gasteiger partial charge on any atom is 0.157 e. The van der Waals surface area contributed by atoms with Crippen molar-refractivity contribution in [3.05, 3.63) is 89.6 Å². The quantitative estimate of drug-likeness (QED) is 0.232. The molecule has 3 aliphatic rings. The van der Waals surface area contributed by atoms with Gasteiger partial charge in [-0.15, -0.1) is 0 Å². The van der Waals surface area contributed by atoms with Gasteiger partial charge in [0.1, 0.15) is 22.9 Å². The van der Waals surface area contributed by atoms with Gasteiger partial charge in [-0.2, -0.15) is 0 Å². The van der Waals surface area contributed by atoms with Crippen LogP contribution in [0.1, 0.15) is 19.5 Å². The average molecular weight is 480 g/mol. The van der Waals surface area contributed by atoms with E-state index in [2.05, 4.69) is 34.2 Å². The lowest BCUT2D eigenvalue weighted by atomic mass is 9.95. The molecule has 0 radical (unpaired) electrons. The molecule has 35 heavy (non-hydrogen) atoms. The molecule has 0 saturated heterocycles. The number of benzene rings is 3. The highest BCUT2D eigenvalue weighted by Crippen LogP contribution is 2.47. The number of rotatable bonds is 1. The van der Waals surface area contributed by atoms with Crippen LogP contribution in [-0.4, -0.2) is 14.5 Å². The van der Waals surface area contributed by atoms with Crippen LogP contribution in [0, 0.1) is 18.3 Å². The van der Waals surface area contributed by atoms with E-state index in [9.17, 15) is 4.39 Å². The minimum Gasteiger partial charge on any atom is -0.481 e. The Labute approximate surface area is 207 Å². The highest BCUT2D eigenvalue weighted by molar-refractivity contribution is 6.33. The number of terminal acetylenes is 1. The number of para-hydroxylation sites is 1. The average Bonchev–Trinajstić information content (AvgIpc) is 3.34. The van der Waals surface area contributed by atoms with Gasteiger partial charge in [0.25, 0.3) is 0 Å². The van der Waals surface area contributed by atoms with Crippen LogP contribution in [0.3, 0.4) is 0 Å². The van der Waals surface area contributed by atoms with Crippen molar-refractivity contribution in [2.45, 2.75) is 19.4 Å². The van der Waals surface area contributed by atoms with Gasteiger partial charge in [-0.1, -0.05) is 36.2 Å². The Morgan fingerprint density at radius 1 is 1.06 bits per heavy atom. The summed E-state index contributed by atoms with van der Waals surface area (Å²) < 4.78 is 22.1. The predicted octanol–water partition coefficient (Wildman–Crippen LogP) is 7.29. The second-order valence-electron chi connectivity index (χ2n) is 8.92. The zero-order valence-electron chi connectivity index (χ0n) is 19.0. The molecule has 0 amide bonds. The minimum atomic E-state index is -0.710. The lowest BCUT2D eigenvalue weighted by Crippen LogP contribution is -2.29. The molecule has 0 bridgehead atoms. The van der Waals surface area contributed by atoms with Gasteiger partial charge >= 0.3 is 0 Å². The molecule has 0 fully saturated rings. The summed E-state index contributed by atoms with van der Waals surface area (Å²) in [7, 11) is 0. The Bertz CT molecular complexity index is 1680. The Kier molecular flexibility index (Phi) is 4.70. The Morgan fingerprint density at radius 3 is 2.66 bits per heavy atom. The second-order valence-corrected chi connectivity index (χ2v) is 9.33. The molecule has 2 aromatic carbocycles. The molecule has 6 heteroatoms. The third-order valence-electron chi connectivity index (χ3n) is 6.25. The summed E-state index contributed by atoms with van der Waals surface area (Å²) in [5.41, 5.74) is 4.48. The van der Waals surface area contributed by atoms with E-state index >= 15 is 0 Å². The highest BCUT2D eigenvalue weighted by Gasteiger charge is 2.38. The summed E-state index contributed by atoms with van der Waals surface area (Å²) in [4.78, 5) is 8.68. The third kappa shape index (κ3) is 3.38. The lowest BCUT2D eigenvalue weighted by molar-refractivity contribution is 0.101. The van der Waals surface area contributed by atoms with Crippen molar-refractivity contribution in [1.82, 2.24) is 14.5 Å². The standard InChI is InChI=1S/C20H14ClFN2O.C9H5N/c1-4-24-17-12-8-5-6-11-15(12)25-20(2,3)18(17)23-19(24)16-13(21)9-7-10-14(16)22;1-2-10-5-7-3-6-4-9(6)8(1)7/h1,5-11H,2-3H3;1-5H. The first-order chi connectivity index (χ1) is 16.9. The second kappa shape index (κ2) is 7.69. The van der Waals surface area contributed by atoms with Gasteiger partial charge in [-0.25, -0.2) is 13.9 Å². The van der Waals surface area contributed by atoms with Gasteiger partial charge in [0.15, 0.2) is 5.82 Å². The van der Waals surface area contributed by atoms with Crippen molar-refractivity contribution in [3.63, 3.8) is 0 Å². The maximum atomic E-state index is 14.5. The molecule has 2 aliphatic carbocycles. The van der Waals surface area contributed by atoms with E-state index in [1.807, 2.05) is 50.5 Å². The first kappa shape index (κ1) is 21.4. The van der Waals surface area contributed by atoms with Crippen LogP contribution in [0.2, 0.25) is 5.02 Å². The maximum absolute atomic E-state index is 14.5. The molecule has 0 saturated carbocycles. The van der Waals surface area contributed by atoms with E-state index in [1.54, 1.807) is 16.7 Å². The van der Waals surface area contributed by atoms with Gasteiger partial charge in [0, 0.05) is 29.4 Å². The zero-order chi connectivity index (χ0) is 24.3. The molecule has 0 spiro atoms.